The van der Waals surface area contributed by atoms with E-state index >= 15 is 0 Å². The summed E-state index contributed by atoms with van der Waals surface area (Å²) in [6, 6.07) is 0. The van der Waals surface area contributed by atoms with Crippen molar-refractivity contribution in [3.05, 3.63) is 29.4 Å². The summed E-state index contributed by atoms with van der Waals surface area (Å²) >= 11 is 3.63. The first kappa shape index (κ1) is 12.2. The van der Waals surface area contributed by atoms with Gasteiger partial charge in [0.05, 0.1) is 0 Å². The van der Waals surface area contributed by atoms with E-state index in [0.717, 1.165) is 21.5 Å². The first-order chi connectivity index (χ1) is 8.79. The summed E-state index contributed by atoms with van der Waals surface area (Å²) in [5, 5.41) is 2.45. The van der Waals surface area contributed by atoms with Crippen LogP contribution in [0.5, 0.6) is 0 Å². The summed E-state index contributed by atoms with van der Waals surface area (Å²) in [7, 11) is 0. The van der Waals surface area contributed by atoms with E-state index in [1.165, 1.54) is 35.1 Å². The average Bonchev–Trinajstić information content (AvgIpc) is 2.73. The van der Waals surface area contributed by atoms with Gasteiger partial charge in [-0.1, -0.05) is 13.0 Å². The van der Waals surface area contributed by atoms with Gasteiger partial charge >= 0.3 is 0 Å². The van der Waals surface area contributed by atoms with Crippen LogP contribution >= 0.6 is 23.1 Å². The van der Waals surface area contributed by atoms with Crippen LogP contribution < -0.4 is 0 Å². The number of aryl methyl sites for hydroxylation is 1. The Morgan fingerprint density at radius 3 is 3.28 bits per heavy atom. The molecule has 18 heavy (non-hydrogen) atoms. The second-order valence-corrected chi connectivity index (χ2v) is 6.90. The van der Waals surface area contributed by atoms with E-state index in [-0.39, 0.29) is 0 Å². The molecule has 2 heterocycles. The molecule has 0 saturated carbocycles. The SMILES string of the molecule is C=CCSc1ncnc2sc3c(c12)CC[C@H](C)C3. The maximum Gasteiger partial charge on any atom is 0.128 e. The van der Waals surface area contributed by atoms with E-state index in [1.807, 2.05) is 17.4 Å². The highest BCUT2D eigenvalue weighted by Crippen LogP contribution is 2.40. The molecular weight excluding hydrogens is 260 g/mol. The Hall–Kier alpha value is -0.870. The minimum absolute atomic E-state index is 0.808. The van der Waals surface area contributed by atoms with E-state index in [2.05, 4.69) is 23.5 Å². The van der Waals surface area contributed by atoms with E-state index in [9.17, 15) is 0 Å². The van der Waals surface area contributed by atoms with Crippen LogP contribution in [-0.4, -0.2) is 15.7 Å². The molecule has 3 rings (SSSR count). The third-order valence-corrected chi connectivity index (χ3v) is 5.54. The van der Waals surface area contributed by atoms with Crippen LogP contribution in [0.3, 0.4) is 0 Å². The van der Waals surface area contributed by atoms with E-state index in [0.29, 0.717) is 0 Å². The van der Waals surface area contributed by atoms with Crippen LogP contribution in [-0.2, 0) is 12.8 Å². The number of rotatable bonds is 3. The number of nitrogens with zero attached hydrogens (tertiary/aromatic N) is 2. The molecule has 0 spiro atoms. The predicted octanol–water partition coefficient (Wildman–Crippen LogP) is 4.09. The van der Waals surface area contributed by atoms with E-state index in [1.54, 1.807) is 18.1 Å². The van der Waals surface area contributed by atoms with Gasteiger partial charge in [-0.05, 0) is 30.7 Å². The third kappa shape index (κ3) is 2.08. The van der Waals surface area contributed by atoms with Gasteiger partial charge in [-0.3, -0.25) is 0 Å². The van der Waals surface area contributed by atoms with Gasteiger partial charge in [0.2, 0.25) is 0 Å². The van der Waals surface area contributed by atoms with Gasteiger partial charge in [-0.2, -0.15) is 0 Å². The molecule has 4 heteroatoms. The van der Waals surface area contributed by atoms with Crippen LogP contribution in [0.15, 0.2) is 24.0 Å². The summed E-state index contributed by atoms with van der Waals surface area (Å²) in [5.41, 5.74) is 1.51. The number of hydrogen-bond donors (Lipinski definition) is 0. The summed E-state index contributed by atoms with van der Waals surface area (Å²) in [5.74, 6) is 1.72. The quantitative estimate of drug-likeness (QED) is 0.479. The van der Waals surface area contributed by atoms with Crippen molar-refractivity contribution >= 4 is 33.3 Å². The first-order valence-electron chi connectivity index (χ1n) is 6.28. The molecule has 2 aromatic heterocycles. The molecule has 1 atom stereocenters. The fourth-order valence-corrected chi connectivity index (χ4v) is 4.67. The molecule has 0 bridgehead atoms. The highest BCUT2D eigenvalue weighted by molar-refractivity contribution is 7.99. The Morgan fingerprint density at radius 2 is 2.44 bits per heavy atom. The van der Waals surface area contributed by atoms with E-state index < -0.39 is 0 Å². The zero-order chi connectivity index (χ0) is 12.5. The van der Waals surface area contributed by atoms with Crippen LogP contribution in [0.25, 0.3) is 10.2 Å². The summed E-state index contributed by atoms with van der Waals surface area (Å²) in [4.78, 5) is 11.6. The third-order valence-electron chi connectivity index (χ3n) is 3.39. The zero-order valence-electron chi connectivity index (χ0n) is 10.5. The number of hydrogen-bond acceptors (Lipinski definition) is 4. The van der Waals surface area contributed by atoms with Gasteiger partial charge < -0.3 is 0 Å². The van der Waals surface area contributed by atoms with Crippen LogP contribution in [0, 0.1) is 5.92 Å². The predicted molar refractivity (Wildman–Crippen MR) is 79.5 cm³/mol. The van der Waals surface area contributed by atoms with Crippen molar-refractivity contribution in [2.45, 2.75) is 31.2 Å². The summed E-state index contributed by atoms with van der Waals surface area (Å²) < 4.78 is 0. The second kappa shape index (κ2) is 5.02. The van der Waals surface area contributed by atoms with Crippen LogP contribution in [0.4, 0.5) is 0 Å². The number of aromatic nitrogens is 2. The van der Waals surface area contributed by atoms with Crippen molar-refractivity contribution < 1.29 is 0 Å². The lowest BCUT2D eigenvalue weighted by Gasteiger charge is -2.18. The van der Waals surface area contributed by atoms with Crippen molar-refractivity contribution in [3.63, 3.8) is 0 Å². The molecule has 94 valence electrons. The molecule has 1 aliphatic rings. The average molecular weight is 276 g/mol. The minimum atomic E-state index is 0.808. The molecule has 0 saturated heterocycles. The maximum absolute atomic E-state index is 4.45. The Morgan fingerprint density at radius 1 is 1.56 bits per heavy atom. The molecule has 0 amide bonds. The minimum Gasteiger partial charge on any atom is -0.229 e. The highest BCUT2D eigenvalue weighted by atomic mass is 32.2. The lowest BCUT2D eigenvalue weighted by molar-refractivity contribution is 0.509. The zero-order valence-corrected chi connectivity index (χ0v) is 12.1. The van der Waals surface area contributed by atoms with Crippen molar-refractivity contribution in [2.75, 3.05) is 5.75 Å². The Bertz CT molecular complexity index is 589. The molecule has 0 unspecified atom stereocenters. The van der Waals surface area contributed by atoms with Gasteiger partial charge in [0.25, 0.3) is 0 Å². The molecule has 0 aliphatic heterocycles. The smallest absolute Gasteiger partial charge is 0.128 e. The van der Waals surface area contributed by atoms with Gasteiger partial charge in [-0.25, -0.2) is 9.97 Å². The van der Waals surface area contributed by atoms with Crippen molar-refractivity contribution in [1.29, 1.82) is 0 Å². The normalized spacial score (nSPS) is 18.8. The molecule has 1 aliphatic carbocycles. The number of thioether (sulfide) groups is 1. The monoisotopic (exact) mass is 276 g/mol. The topological polar surface area (TPSA) is 25.8 Å². The molecule has 2 aromatic rings. The van der Waals surface area contributed by atoms with Crippen LogP contribution in [0.1, 0.15) is 23.8 Å². The maximum atomic E-state index is 4.45. The number of fused-ring (bicyclic) bond motifs is 3. The molecule has 2 nitrogen and oxygen atoms in total. The first-order valence-corrected chi connectivity index (χ1v) is 8.08. The Kier molecular flexibility index (Phi) is 3.39. The van der Waals surface area contributed by atoms with Crippen molar-refractivity contribution in [1.82, 2.24) is 9.97 Å². The lowest BCUT2D eigenvalue weighted by atomic mass is 9.89. The van der Waals surface area contributed by atoms with Gasteiger partial charge in [0, 0.05) is 16.0 Å². The number of thiophene rings is 1. The van der Waals surface area contributed by atoms with Gasteiger partial charge in [0.15, 0.2) is 0 Å². The second-order valence-electron chi connectivity index (χ2n) is 4.81. The Balaban J connectivity index is 2.12. The van der Waals surface area contributed by atoms with Crippen molar-refractivity contribution in [2.24, 2.45) is 5.92 Å². The molecule has 0 radical (unpaired) electrons. The molecular formula is C14H16N2S2. The molecule has 0 fully saturated rings. The van der Waals surface area contributed by atoms with E-state index in [4.69, 9.17) is 0 Å². The standard InChI is InChI=1S/C14H16N2S2/c1-3-6-17-13-12-10-5-4-9(2)7-11(10)18-14(12)16-8-15-13/h3,8-9H,1,4-7H2,2H3/t9-/m0/s1. The van der Waals surface area contributed by atoms with Crippen LogP contribution in [0.2, 0.25) is 0 Å². The fraction of sp³-hybridized carbons (Fsp3) is 0.429. The summed E-state index contributed by atoms with van der Waals surface area (Å²) in [6.07, 6.45) is 7.31. The molecule has 0 aromatic carbocycles. The highest BCUT2D eigenvalue weighted by Gasteiger charge is 2.22. The Labute approximate surface area is 116 Å². The van der Waals surface area contributed by atoms with Gasteiger partial charge in [0.1, 0.15) is 16.2 Å². The van der Waals surface area contributed by atoms with Crippen molar-refractivity contribution in [3.8, 4) is 0 Å². The molecule has 0 N–H and O–H groups in total. The largest absolute Gasteiger partial charge is 0.229 e. The lowest BCUT2D eigenvalue weighted by Crippen LogP contribution is -2.08. The summed E-state index contributed by atoms with van der Waals surface area (Å²) in [6.45, 7) is 6.12. The fourth-order valence-electron chi connectivity index (χ4n) is 2.49. The van der Waals surface area contributed by atoms with Gasteiger partial charge in [-0.15, -0.1) is 29.7 Å².